The van der Waals surface area contributed by atoms with E-state index in [1.54, 1.807) is 0 Å². The smallest absolute Gasteiger partial charge is 0.167 e. The van der Waals surface area contributed by atoms with Crippen molar-refractivity contribution in [3.05, 3.63) is 59.9 Å². The summed E-state index contributed by atoms with van der Waals surface area (Å²) in [7, 11) is 0. The molecule has 0 bridgehead atoms. The molecule has 0 saturated carbocycles. The van der Waals surface area contributed by atoms with Crippen molar-refractivity contribution in [1.29, 1.82) is 0 Å². The Balaban J connectivity index is 1.62. The fourth-order valence-corrected chi connectivity index (χ4v) is 2.10. The van der Waals surface area contributed by atoms with Gasteiger partial charge in [-0.1, -0.05) is 30.3 Å². The third kappa shape index (κ3) is 3.35. The topological polar surface area (TPSA) is 79.4 Å². The maximum absolute atomic E-state index is 4.42. The van der Waals surface area contributed by atoms with Gasteiger partial charge in [-0.05, 0) is 13.8 Å². The minimum Gasteiger partial charge on any atom is -0.303 e. The molecule has 2 heterocycles. The molecule has 0 spiro atoms. The van der Waals surface area contributed by atoms with E-state index in [2.05, 4.69) is 30.5 Å². The first-order chi connectivity index (χ1) is 10.7. The van der Waals surface area contributed by atoms with Gasteiger partial charge in [-0.25, -0.2) is 15.0 Å². The van der Waals surface area contributed by atoms with E-state index in [0.717, 1.165) is 28.6 Å². The van der Waals surface area contributed by atoms with Gasteiger partial charge in [0.05, 0.1) is 6.04 Å². The van der Waals surface area contributed by atoms with Gasteiger partial charge in [0, 0.05) is 30.1 Å². The number of benzene rings is 1. The fourth-order valence-electron chi connectivity index (χ4n) is 2.10. The predicted molar refractivity (Wildman–Crippen MR) is 83.8 cm³/mol. The molecular weight excluding hydrogens is 276 g/mol. The highest BCUT2D eigenvalue weighted by Gasteiger charge is 2.10. The average molecular weight is 294 g/mol. The monoisotopic (exact) mass is 294 g/mol. The number of aromatic amines is 1. The molecule has 6 nitrogen and oxygen atoms in total. The van der Waals surface area contributed by atoms with E-state index in [9.17, 15) is 0 Å². The first-order valence-corrected chi connectivity index (χ1v) is 7.21. The summed E-state index contributed by atoms with van der Waals surface area (Å²) in [5.74, 6) is 2.32. The molecule has 1 aromatic carbocycles. The summed E-state index contributed by atoms with van der Waals surface area (Å²) in [4.78, 5) is 13.1. The van der Waals surface area contributed by atoms with Crippen molar-refractivity contribution >= 4 is 0 Å². The third-order valence-corrected chi connectivity index (χ3v) is 3.35. The Morgan fingerprint density at radius 2 is 1.86 bits per heavy atom. The van der Waals surface area contributed by atoms with Crippen LogP contribution in [0.5, 0.6) is 0 Å². The van der Waals surface area contributed by atoms with Crippen LogP contribution in [0.2, 0.25) is 0 Å². The lowest BCUT2D eigenvalue weighted by atomic mass is 10.2. The minimum atomic E-state index is 0.0683. The van der Waals surface area contributed by atoms with E-state index in [0.29, 0.717) is 6.54 Å². The molecule has 0 aliphatic rings. The van der Waals surface area contributed by atoms with E-state index >= 15 is 0 Å². The molecule has 112 valence electrons. The molecule has 0 amide bonds. The highest BCUT2D eigenvalue weighted by Crippen LogP contribution is 2.13. The number of hydrogen-bond acceptors (Lipinski definition) is 5. The van der Waals surface area contributed by atoms with E-state index in [-0.39, 0.29) is 6.04 Å². The molecule has 3 rings (SSSR count). The van der Waals surface area contributed by atoms with Gasteiger partial charge < -0.3 is 5.32 Å². The van der Waals surface area contributed by atoms with Crippen LogP contribution in [0, 0.1) is 6.92 Å². The van der Waals surface area contributed by atoms with Gasteiger partial charge in [0.15, 0.2) is 11.6 Å². The van der Waals surface area contributed by atoms with Crippen molar-refractivity contribution in [2.45, 2.75) is 26.4 Å². The van der Waals surface area contributed by atoms with Gasteiger partial charge in [0.2, 0.25) is 0 Å². The normalized spacial score (nSPS) is 12.3. The van der Waals surface area contributed by atoms with Crippen LogP contribution in [0.3, 0.4) is 0 Å². The van der Waals surface area contributed by atoms with E-state index in [4.69, 9.17) is 0 Å². The molecule has 0 radical (unpaired) electrons. The lowest BCUT2D eigenvalue weighted by Crippen LogP contribution is -2.19. The number of hydrogen-bond donors (Lipinski definition) is 2. The van der Waals surface area contributed by atoms with Crippen LogP contribution >= 0.6 is 0 Å². The maximum Gasteiger partial charge on any atom is 0.167 e. The quantitative estimate of drug-likeness (QED) is 0.755. The van der Waals surface area contributed by atoms with Crippen LogP contribution in [0.4, 0.5) is 0 Å². The van der Waals surface area contributed by atoms with Crippen LogP contribution in [0.25, 0.3) is 11.4 Å². The van der Waals surface area contributed by atoms with Crippen molar-refractivity contribution in [1.82, 2.24) is 30.5 Å². The molecule has 0 aliphatic heterocycles. The highest BCUT2D eigenvalue weighted by molar-refractivity contribution is 5.53. The molecule has 0 saturated heterocycles. The molecular formula is C16H18N6. The standard InChI is InChI=1S/C16H18N6/c1-11(15-20-12(2)21-22-15)17-8-13-9-18-16(19-10-13)14-6-4-3-5-7-14/h3-7,9-11,17H,8H2,1-2H3,(H,20,21,22). The molecule has 2 N–H and O–H groups in total. The zero-order chi connectivity index (χ0) is 15.4. The van der Waals surface area contributed by atoms with Gasteiger partial charge in [0.25, 0.3) is 0 Å². The second-order valence-corrected chi connectivity index (χ2v) is 5.16. The molecule has 22 heavy (non-hydrogen) atoms. The zero-order valence-electron chi connectivity index (χ0n) is 12.6. The van der Waals surface area contributed by atoms with Crippen molar-refractivity contribution in [3.8, 4) is 11.4 Å². The summed E-state index contributed by atoms with van der Waals surface area (Å²) in [5.41, 5.74) is 2.05. The van der Waals surface area contributed by atoms with Crippen molar-refractivity contribution in [3.63, 3.8) is 0 Å². The fraction of sp³-hybridized carbons (Fsp3) is 0.250. The van der Waals surface area contributed by atoms with Crippen LogP contribution in [0.15, 0.2) is 42.7 Å². The Bertz CT molecular complexity index is 720. The summed E-state index contributed by atoms with van der Waals surface area (Å²) in [6.45, 7) is 4.59. The number of nitrogens with one attached hydrogen (secondary N) is 2. The van der Waals surface area contributed by atoms with Crippen molar-refractivity contribution in [2.75, 3.05) is 0 Å². The number of nitrogens with zero attached hydrogens (tertiary/aromatic N) is 4. The summed E-state index contributed by atoms with van der Waals surface area (Å²) in [6.07, 6.45) is 3.69. The van der Waals surface area contributed by atoms with Crippen LogP contribution in [0.1, 0.15) is 30.2 Å². The van der Waals surface area contributed by atoms with Gasteiger partial charge in [0.1, 0.15) is 5.82 Å². The molecule has 1 atom stereocenters. The van der Waals surface area contributed by atoms with Gasteiger partial charge in [-0.2, -0.15) is 5.10 Å². The number of rotatable bonds is 5. The summed E-state index contributed by atoms with van der Waals surface area (Å²) in [5, 5.41) is 10.4. The minimum absolute atomic E-state index is 0.0683. The SMILES string of the molecule is Cc1nc(C(C)NCc2cnc(-c3ccccc3)nc2)n[nH]1. The lowest BCUT2D eigenvalue weighted by Gasteiger charge is -2.10. The molecule has 1 unspecified atom stereocenters. The molecule has 3 aromatic rings. The molecule has 0 fully saturated rings. The maximum atomic E-state index is 4.42. The predicted octanol–water partition coefficient (Wildman–Crippen LogP) is 2.42. The second-order valence-electron chi connectivity index (χ2n) is 5.16. The van der Waals surface area contributed by atoms with Gasteiger partial charge in [-0.3, -0.25) is 5.10 Å². The summed E-state index contributed by atoms with van der Waals surface area (Å²) in [6, 6.07) is 10.0. The van der Waals surface area contributed by atoms with E-state index in [1.165, 1.54) is 0 Å². The van der Waals surface area contributed by atoms with Crippen LogP contribution in [-0.2, 0) is 6.54 Å². The van der Waals surface area contributed by atoms with Crippen LogP contribution in [-0.4, -0.2) is 25.1 Å². The molecule has 0 aliphatic carbocycles. The number of aryl methyl sites for hydroxylation is 1. The molecule has 2 aromatic heterocycles. The Morgan fingerprint density at radius 3 is 2.50 bits per heavy atom. The van der Waals surface area contributed by atoms with Gasteiger partial charge in [-0.15, -0.1) is 0 Å². The Morgan fingerprint density at radius 1 is 1.14 bits per heavy atom. The second kappa shape index (κ2) is 6.44. The summed E-state index contributed by atoms with van der Waals surface area (Å²) >= 11 is 0. The first kappa shape index (κ1) is 14.3. The average Bonchev–Trinajstić information content (AvgIpc) is 3.00. The van der Waals surface area contributed by atoms with E-state index in [1.807, 2.05) is 56.6 Å². The van der Waals surface area contributed by atoms with Crippen molar-refractivity contribution < 1.29 is 0 Å². The Labute approximate surface area is 129 Å². The van der Waals surface area contributed by atoms with Crippen LogP contribution < -0.4 is 5.32 Å². The summed E-state index contributed by atoms with van der Waals surface area (Å²) < 4.78 is 0. The first-order valence-electron chi connectivity index (χ1n) is 7.21. The largest absolute Gasteiger partial charge is 0.303 e. The molecule has 6 heteroatoms. The number of aromatic nitrogens is 5. The Hall–Kier alpha value is -2.60. The Kier molecular flexibility index (Phi) is 4.20. The highest BCUT2D eigenvalue weighted by atomic mass is 15.2. The van der Waals surface area contributed by atoms with Gasteiger partial charge >= 0.3 is 0 Å². The lowest BCUT2D eigenvalue weighted by molar-refractivity contribution is 0.546. The number of H-pyrrole nitrogens is 1. The third-order valence-electron chi connectivity index (χ3n) is 3.35. The van der Waals surface area contributed by atoms with Crippen molar-refractivity contribution in [2.24, 2.45) is 0 Å². The van der Waals surface area contributed by atoms with E-state index < -0.39 is 0 Å². The zero-order valence-corrected chi connectivity index (χ0v) is 12.6.